The summed E-state index contributed by atoms with van der Waals surface area (Å²) in [6.07, 6.45) is 1.91. The zero-order valence-corrected chi connectivity index (χ0v) is 10.7. The molecule has 0 amide bonds. The minimum absolute atomic E-state index is 0.232. The molecule has 1 N–H and O–H groups in total. The first-order valence-electron chi connectivity index (χ1n) is 5.83. The van der Waals surface area contributed by atoms with Crippen LogP contribution in [0.2, 0.25) is 0 Å². The molecule has 3 heteroatoms. The van der Waals surface area contributed by atoms with Gasteiger partial charge in [0.2, 0.25) is 0 Å². The number of rotatable bonds is 2. The van der Waals surface area contributed by atoms with E-state index in [2.05, 4.69) is 0 Å². The SMILES string of the molecule is CC(C)n1cc(C(C)(C)O)c2ccc(F)cc21. The van der Waals surface area contributed by atoms with Gasteiger partial charge in [-0.15, -0.1) is 0 Å². The van der Waals surface area contributed by atoms with Crippen molar-refractivity contribution in [3.05, 3.63) is 35.8 Å². The maximum absolute atomic E-state index is 13.3. The zero-order valence-electron chi connectivity index (χ0n) is 10.7. The fraction of sp³-hybridized carbons (Fsp3) is 0.429. The van der Waals surface area contributed by atoms with E-state index in [1.54, 1.807) is 19.9 Å². The fourth-order valence-corrected chi connectivity index (χ4v) is 2.14. The highest BCUT2D eigenvalue weighted by Gasteiger charge is 2.22. The molecule has 0 fully saturated rings. The molecule has 1 aromatic carbocycles. The first kappa shape index (κ1) is 12.1. The molecule has 0 saturated heterocycles. The van der Waals surface area contributed by atoms with Gasteiger partial charge in [-0.2, -0.15) is 0 Å². The van der Waals surface area contributed by atoms with E-state index in [1.807, 2.05) is 24.6 Å². The Morgan fingerprint density at radius 1 is 1.29 bits per heavy atom. The van der Waals surface area contributed by atoms with Crippen LogP contribution in [0.3, 0.4) is 0 Å². The van der Waals surface area contributed by atoms with Crippen LogP contribution in [0.1, 0.15) is 39.3 Å². The molecule has 2 nitrogen and oxygen atoms in total. The lowest BCUT2D eigenvalue weighted by Crippen LogP contribution is -2.14. The number of nitrogens with zero attached hydrogens (tertiary/aromatic N) is 1. The third-order valence-corrected chi connectivity index (χ3v) is 3.01. The molecule has 0 unspecified atom stereocenters. The van der Waals surface area contributed by atoms with Crippen LogP contribution in [0.15, 0.2) is 24.4 Å². The van der Waals surface area contributed by atoms with Gasteiger partial charge in [-0.3, -0.25) is 0 Å². The van der Waals surface area contributed by atoms with E-state index in [-0.39, 0.29) is 11.9 Å². The summed E-state index contributed by atoms with van der Waals surface area (Å²) in [6, 6.07) is 4.92. The van der Waals surface area contributed by atoms with Crippen molar-refractivity contribution in [1.29, 1.82) is 0 Å². The van der Waals surface area contributed by atoms with Gasteiger partial charge in [-0.05, 0) is 45.9 Å². The smallest absolute Gasteiger partial charge is 0.125 e. The Labute approximate surface area is 101 Å². The van der Waals surface area contributed by atoms with Crippen molar-refractivity contribution in [2.75, 3.05) is 0 Å². The standard InChI is InChI=1S/C14H18FNO/c1-9(2)16-8-12(14(3,4)17)11-6-5-10(15)7-13(11)16/h5-9,17H,1-4H3. The number of hydrogen-bond donors (Lipinski definition) is 1. The highest BCUT2D eigenvalue weighted by molar-refractivity contribution is 5.85. The van der Waals surface area contributed by atoms with Crippen LogP contribution in [-0.4, -0.2) is 9.67 Å². The predicted octanol–water partition coefficient (Wildman–Crippen LogP) is 3.59. The number of fused-ring (bicyclic) bond motifs is 1. The van der Waals surface area contributed by atoms with E-state index < -0.39 is 5.60 Å². The Bertz CT molecular complexity index is 549. The van der Waals surface area contributed by atoms with Crippen molar-refractivity contribution < 1.29 is 9.50 Å². The molecule has 92 valence electrons. The lowest BCUT2D eigenvalue weighted by Gasteiger charge is -2.16. The number of aliphatic hydroxyl groups is 1. The van der Waals surface area contributed by atoms with Gasteiger partial charge < -0.3 is 9.67 Å². The summed E-state index contributed by atoms with van der Waals surface area (Å²) in [7, 11) is 0. The largest absolute Gasteiger partial charge is 0.386 e. The van der Waals surface area contributed by atoms with Gasteiger partial charge in [0.1, 0.15) is 5.82 Å². The maximum Gasteiger partial charge on any atom is 0.125 e. The molecule has 2 aromatic rings. The summed E-state index contributed by atoms with van der Waals surface area (Å²) in [4.78, 5) is 0. The first-order chi connectivity index (χ1) is 7.80. The van der Waals surface area contributed by atoms with Crippen molar-refractivity contribution in [1.82, 2.24) is 4.57 Å². The summed E-state index contributed by atoms with van der Waals surface area (Å²) in [5.41, 5.74) is 0.745. The second-order valence-corrected chi connectivity index (χ2v) is 5.26. The topological polar surface area (TPSA) is 25.2 Å². The minimum Gasteiger partial charge on any atom is -0.386 e. The Hall–Kier alpha value is -1.35. The second kappa shape index (κ2) is 3.84. The monoisotopic (exact) mass is 235 g/mol. The predicted molar refractivity (Wildman–Crippen MR) is 67.5 cm³/mol. The normalized spacial score (nSPS) is 12.6. The molecular formula is C14H18FNO. The van der Waals surface area contributed by atoms with E-state index in [1.165, 1.54) is 12.1 Å². The third kappa shape index (κ3) is 2.07. The van der Waals surface area contributed by atoms with E-state index >= 15 is 0 Å². The van der Waals surface area contributed by atoms with Gasteiger partial charge in [0.15, 0.2) is 0 Å². The van der Waals surface area contributed by atoms with Crippen molar-refractivity contribution >= 4 is 10.9 Å². The fourth-order valence-electron chi connectivity index (χ4n) is 2.14. The highest BCUT2D eigenvalue weighted by atomic mass is 19.1. The molecule has 17 heavy (non-hydrogen) atoms. The molecule has 0 aliphatic rings. The van der Waals surface area contributed by atoms with Crippen LogP contribution >= 0.6 is 0 Å². The molecule has 0 bridgehead atoms. The van der Waals surface area contributed by atoms with Gasteiger partial charge in [0.25, 0.3) is 0 Å². The zero-order chi connectivity index (χ0) is 12.8. The third-order valence-electron chi connectivity index (χ3n) is 3.01. The minimum atomic E-state index is -0.920. The van der Waals surface area contributed by atoms with Gasteiger partial charge in [0.05, 0.1) is 11.1 Å². The van der Waals surface area contributed by atoms with E-state index in [0.29, 0.717) is 0 Å². The Balaban J connectivity index is 2.80. The highest BCUT2D eigenvalue weighted by Crippen LogP contribution is 2.32. The Kier molecular flexibility index (Phi) is 2.74. The lowest BCUT2D eigenvalue weighted by molar-refractivity contribution is 0.0799. The second-order valence-electron chi connectivity index (χ2n) is 5.26. The van der Waals surface area contributed by atoms with Crippen LogP contribution in [-0.2, 0) is 5.60 Å². The van der Waals surface area contributed by atoms with Crippen LogP contribution in [0, 0.1) is 5.82 Å². The number of halogens is 1. The van der Waals surface area contributed by atoms with Crippen LogP contribution in [0.4, 0.5) is 4.39 Å². The average molecular weight is 235 g/mol. The number of aromatic nitrogens is 1. The Morgan fingerprint density at radius 3 is 2.47 bits per heavy atom. The molecule has 0 atom stereocenters. The van der Waals surface area contributed by atoms with Gasteiger partial charge in [-0.25, -0.2) is 4.39 Å². The van der Waals surface area contributed by atoms with Crippen molar-refractivity contribution in [3.63, 3.8) is 0 Å². The summed E-state index contributed by atoms with van der Waals surface area (Å²) in [5, 5.41) is 11.1. The van der Waals surface area contributed by atoms with E-state index in [4.69, 9.17) is 0 Å². The molecule has 2 rings (SSSR count). The quantitative estimate of drug-likeness (QED) is 0.845. The van der Waals surface area contributed by atoms with Gasteiger partial charge in [-0.1, -0.05) is 0 Å². The van der Waals surface area contributed by atoms with Crippen molar-refractivity contribution in [3.8, 4) is 0 Å². The van der Waals surface area contributed by atoms with Crippen molar-refractivity contribution in [2.24, 2.45) is 0 Å². The van der Waals surface area contributed by atoms with Crippen molar-refractivity contribution in [2.45, 2.75) is 39.3 Å². The van der Waals surface area contributed by atoms with Crippen LogP contribution in [0.5, 0.6) is 0 Å². The molecule has 0 aliphatic carbocycles. The molecule has 0 aliphatic heterocycles. The summed E-state index contributed by atoms with van der Waals surface area (Å²) in [5.74, 6) is -0.250. The molecule has 0 saturated carbocycles. The summed E-state index contributed by atoms with van der Waals surface area (Å²) in [6.45, 7) is 7.57. The summed E-state index contributed by atoms with van der Waals surface area (Å²) >= 11 is 0. The lowest BCUT2D eigenvalue weighted by atomic mass is 9.98. The maximum atomic E-state index is 13.3. The molecule has 1 aromatic heterocycles. The van der Waals surface area contributed by atoms with Gasteiger partial charge >= 0.3 is 0 Å². The molecular weight excluding hydrogens is 217 g/mol. The van der Waals surface area contributed by atoms with E-state index in [0.717, 1.165) is 16.5 Å². The average Bonchev–Trinajstić information content (AvgIpc) is 2.55. The molecule has 0 spiro atoms. The van der Waals surface area contributed by atoms with Gasteiger partial charge in [0, 0.05) is 23.2 Å². The molecule has 0 radical (unpaired) electrons. The van der Waals surface area contributed by atoms with E-state index in [9.17, 15) is 9.50 Å². The summed E-state index contributed by atoms with van der Waals surface area (Å²) < 4.78 is 15.3. The molecule has 1 heterocycles. The number of hydrogen-bond acceptors (Lipinski definition) is 1. The Morgan fingerprint density at radius 2 is 1.94 bits per heavy atom. The first-order valence-corrected chi connectivity index (χ1v) is 5.83. The van der Waals surface area contributed by atoms with Crippen LogP contribution in [0.25, 0.3) is 10.9 Å². The number of benzene rings is 1. The van der Waals surface area contributed by atoms with Crippen LogP contribution < -0.4 is 0 Å².